The summed E-state index contributed by atoms with van der Waals surface area (Å²) in [5.74, 6) is 1.10. The van der Waals surface area contributed by atoms with Gasteiger partial charge < -0.3 is 11.1 Å². The Bertz CT molecular complexity index is 280. The second-order valence-corrected chi connectivity index (χ2v) is 3.92. The van der Waals surface area contributed by atoms with Gasteiger partial charge in [-0.1, -0.05) is 12.8 Å². The lowest BCUT2D eigenvalue weighted by Crippen LogP contribution is -2.06. The average Bonchev–Trinajstić information content (AvgIpc) is 2.51. The van der Waals surface area contributed by atoms with E-state index in [1.807, 2.05) is 18.7 Å². The molecule has 0 fully saturated rings. The molecule has 0 bridgehead atoms. The van der Waals surface area contributed by atoms with Crippen LogP contribution in [-0.2, 0) is 7.05 Å². The maximum atomic E-state index is 5.43. The first kappa shape index (κ1) is 12.0. The zero-order chi connectivity index (χ0) is 11.1. The Morgan fingerprint density at radius 3 is 2.67 bits per heavy atom. The van der Waals surface area contributed by atoms with Crippen molar-refractivity contribution >= 4 is 5.82 Å². The molecule has 86 valence electrons. The van der Waals surface area contributed by atoms with Gasteiger partial charge in [-0.25, -0.2) is 0 Å². The summed E-state index contributed by atoms with van der Waals surface area (Å²) in [7, 11) is 1.96. The highest BCUT2D eigenvalue weighted by atomic mass is 15.3. The minimum absolute atomic E-state index is 0.814. The maximum Gasteiger partial charge on any atom is 0.124 e. The molecule has 1 heterocycles. The Labute approximate surface area is 91.8 Å². The molecule has 0 amide bonds. The molecule has 0 unspecified atom stereocenters. The Morgan fingerprint density at radius 2 is 2.07 bits per heavy atom. The van der Waals surface area contributed by atoms with Crippen molar-refractivity contribution in [2.45, 2.75) is 32.6 Å². The number of aryl methyl sites for hydroxylation is 2. The first-order valence-electron chi connectivity index (χ1n) is 5.68. The number of rotatable bonds is 7. The zero-order valence-electron chi connectivity index (χ0n) is 9.79. The number of nitrogens with two attached hydrogens (primary N) is 1. The fourth-order valence-electron chi connectivity index (χ4n) is 1.62. The number of aromatic nitrogens is 2. The number of nitrogens with one attached hydrogen (secondary N) is 1. The Balaban J connectivity index is 2.12. The van der Waals surface area contributed by atoms with Gasteiger partial charge in [0.25, 0.3) is 0 Å². The first-order chi connectivity index (χ1) is 7.24. The smallest absolute Gasteiger partial charge is 0.124 e. The molecule has 0 saturated carbocycles. The minimum Gasteiger partial charge on any atom is -0.370 e. The van der Waals surface area contributed by atoms with E-state index < -0.39 is 0 Å². The van der Waals surface area contributed by atoms with Crippen LogP contribution in [0.1, 0.15) is 31.4 Å². The van der Waals surface area contributed by atoms with Gasteiger partial charge in [-0.15, -0.1) is 0 Å². The van der Waals surface area contributed by atoms with Crippen LogP contribution in [0.2, 0.25) is 0 Å². The van der Waals surface area contributed by atoms with Crippen LogP contribution in [0.3, 0.4) is 0 Å². The van der Waals surface area contributed by atoms with Crippen LogP contribution in [-0.4, -0.2) is 22.9 Å². The molecule has 1 aromatic heterocycles. The van der Waals surface area contributed by atoms with Crippen LogP contribution in [0.15, 0.2) is 6.07 Å². The van der Waals surface area contributed by atoms with Gasteiger partial charge in [0.1, 0.15) is 5.82 Å². The molecule has 4 heteroatoms. The van der Waals surface area contributed by atoms with Crippen LogP contribution in [0, 0.1) is 6.92 Å². The lowest BCUT2D eigenvalue weighted by atomic mass is 10.2. The van der Waals surface area contributed by atoms with Crippen LogP contribution in [0.5, 0.6) is 0 Å². The highest BCUT2D eigenvalue weighted by Gasteiger charge is 1.99. The lowest BCUT2D eigenvalue weighted by Gasteiger charge is -2.05. The van der Waals surface area contributed by atoms with Crippen molar-refractivity contribution in [3.05, 3.63) is 11.8 Å². The van der Waals surface area contributed by atoms with Gasteiger partial charge in [-0.2, -0.15) is 5.10 Å². The van der Waals surface area contributed by atoms with E-state index in [4.69, 9.17) is 5.73 Å². The molecule has 15 heavy (non-hydrogen) atoms. The number of nitrogens with zero attached hydrogens (tertiary/aromatic N) is 2. The summed E-state index contributed by atoms with van der Waals surface area (Å²) in [6.07, 6.45) is 4.83. The summed E-state index contributed by atoms with van der Waals surface area (Å²) in [6, 6.07) is 2.07. The highest BCUT2D eigenvalue weighted by Crippen LogP contribution is 2.08. The van der Waals surface area contributed by atoms with E-state index >= 15 is 0 Å². The molecule has 0 aliphatic heterocycles. The first-order valence-corrected chi connectivity index (χ1v) is 5.68. The molecule has 1 rings (SSSR count). The second kappa shape index (κ2) is 6.45. The van der Waals surface area contributed by atoms with Crippen molar-refractivity contribution in [1.29, 1.82) is 0 Å². The van der Waals surface area contributed by atoms with Crippen LogP contribution in [0.4, 0.5) is 5.82 Å². The van der Waals surface area contributed by atoms with Crippen LogP contribution in [0.25, 0.3) is 0 Å². The van der Waals surface area contributed by atoms with Crippen molar-refractivity contribution in [2.75, 3.05) is 18.4 Å². The fraction of sp³-hybridized carbons (Fsp3) is 0.727. The van der Waals surface area contributed by atoms with Crippen molar-refractivity contribution in [2.24, 2.45) is 12.8 Å². The van der Waals surface area contributed by atoms with E-state index in [9.17, 15) is 0 Å². The average molecular weight is 210 g/mol. The SMILES string of the molecule is Cc1cc(NCCCCCCN)n(C)n1. The van der Waals surface area contributed by atoms with E-state index in [0.29, 0.717) is 0 Å². The number of hydrogen-bond acceptors (Lipinski definition) is 3. The van der Waals surface area contributed by atoms with Gasteiger partial charge in [0.05, 0.1) is 5.69 Å². The molecular formula is C11H22N4. The molecule has 0 radical (unpaired) electrons. The normalized spacial score (nSPS) is 10.6. The monoisotopic (exact) mass is 210 g/mol. The molecule has 0 aromatic carbocycles. The molecule has 1 aromatic rings. The van der Waals surface area contributed by atoms with E-state index in [1.165, 1.54) is 19.3 Å². The summed E-state index contributed by atoms with van der Waals surface area (Å²) < 4.78 is 1.88. The van der Waals surface area contributed by atoms with Crippen molar-refractivity contribution in [1.82, 2.24) is 9.78 Å². The van der Waals surface area contributed by atoms with Crippen LogP contribution >= 0.6 is 0 Å². The van der Waals surface area contributed by atoms with E-state index in [2.05, 4.69) is 16.5 Å². The van der Waals surface area contributed by atoms with E-state index in [0.717, 1.165) is 31.0 Å². The Hall–Kier alpha value is -1.03. The van der Waals surface area contributed by atoms with Crippen molar-refractivity contribution < 1.29 is 0 Å². The molecular weight excluding hydrogens is 188 g/mol. The standard InChI is InChI=1S/C11H22N4/c1-10-9-11(15(2)14-10)13-8-6-4-3-5-7-12/h9,13H,3-8,12H2,1-2H3. The number of anilines is 1. The molecule has 3 N–H and O–H groups in total. The third kappa shape index (κ3) is 4.34. The van der Waals surface area contributed by atoms with Crippen molar-refractivity contribution in [3.8, 4) is 0 Å². The topological polar surface area (TPSA) is 55.9 Å². The predicted molar refractivity (Wildman–Crippen MR) is 64.0 cm³/mol. The fourth-order valence-corrected chi connectivity index (χ4v) is 1.62. The third-order valence-corrected chi connectivity index (χ3v) is 2.44. The molecule has 4 nitrogen and oxygen atoms in total. The third-order valence-electron chi connectivity index (χ3n) is 2.44. The molecule has 0 aliphatic rings. The summed E-state index contributed by atoms with van der Waals surface area (Å²) in [5, 5.41) is 7.66. The van der Waals surface area contributed by atoms with E-state index in [-0.39, 0.29) is 0 Å². The molecule has 0 saturated heterocycles. The summed E-state index contributed by atoms with van der Waals surface area (Å²) >= 11 is 0. The zero-order valence-corrected chi connectivity index (χ0v) is 9.79. The predicted octanol–water partition coefficient (Wildman–Crippen LogP) is 1.66. The molecule has 0 atom stereocenters. The molecule has 0 aliphatic carbocycles. The van der Waals surface area contributed by atoms with Gasteiger partial charge in [0.2, 0.25) is 0 Å². The van der Waals surface area contributed by atoms with Gasteiger partial charge in [-0.3, -0.25) is 4.68 Å². The highest BCUT2D eigenvalue weighted by molar-refractivity contribution is 5.36. The van der Waals surface area contributed by atoms with Gasteiger partial charge >= 0.3 is 0 Å². The summed E-state index contributed by atoms with van der Waals surface area (Å²) in [6.45, 7) is 3.84. The molecule has 0 spiro atoms. The Kier molecular flexibility index (Phi) is 5.18. The maximum absolute atomic E-state index is 5.43. The van der Waals surface area contributed by atoms with Gasteiger partial charge in [0, 0.05) is 19.7 Å². The minimum atomic E-state index is 0.814. The van der Waals surface area contributed by atoms with Crippen LogP contribution < -0.4 is 11.1 Å². The van der Waals surface area contributed by atoms with E-state index in [1.54, 1.807) is 0 Å². The number of hydrogen-bond donors (Lipinski definition) is 2. The Morgan fingerprint density at radius 1 is 1.33 bits per heavy atom. The van der Waals surface area contributed by atoms with Crippen molar-refractivity contribution in [3.63, 3.8) is 0 Å². The second-order valence-electron chi connectivity index (χ2n) is 3.92. The number of unbranched alkanes of at least 4 members (excludes halogenated alkanes) is 3. The summed E-state index contributed by atoms with van der Waals surface area (Å²) in [5.41, 5.74) is 6.49. The van der Waals surface area contributed by atoms with Gasteiger partial charge in [-0.05, 0) is 26.3 Å². The lowest BCUT2D eigenvalue weighted by molar-refractivity contribution is 0.658. The summed E-state index contributed by atoms with van der Waals surface area (Å²) in [4.78, 5) is 0. The largest absolute Gasteiger partial charge is 0.370 e. The van der Waals surface area contributed by atoms with Gasteiger partial charge in [0.15, 0.2) is 0 Å². The quantitative estimate of drug-likeness (QED) is 0.673.